The molecule has 1 aromatic carbocycles. The van der Waals surface area contributed by atoms with E-state index in [1.807, 2.05) is 41.9 Å². The Morgan fingerprint density at radius 1 is 1.15 bits per heavy atom. The maximum Gasteiger partial charge on any atom is 0.257 e. The molecular formula is C19H18N4OS2. The van der Waals surface area contributed by atoms with Gasteiger partial charge in [-0.15, -0.1) is 21.5 Å². The van der Waals surface area contributed by atoms with E-state index in [1.165, 1.54) is 5.56 Å². The van der Waals surface area contributed by atoms with Gasteiger partial charge in [0.25, 0.3) is 5.89 Å². The Morgan fingerprint density at radius 2 is 2.00 bits per heavy atom. The summed E-state index contributed by atoms with van der Waals surface area (Å²) < 4.78 is 8.07. The highest BCUT2D eigenvalue weighted by Gasteiger charge is 2.20. The van der Waals surface area contributed by atoms with E-state index in [0.29, 0.717) is 11.8 Å². The maximum atomic E-state index is 5.86. The van der Waals surface area contributed by atoms with Crippen LogP contribution in [0.4, 0.5) is 0 Å². The van der Waals surface area contributed by atoms with Crippen LogP contribution in [0, 0.1) is 0 Å². The predicted molar refractivity (Wildman–Crippen MR) is 105 cm³/mol. The summed E-state index contributed by atoms with van der Waals surface area (Å²) in [6.45, 7) is 5.04. The second-order valence-electron chi connectivity index (χ2n) is 5.72. The van der Waals surface area contributed by atoms with E-state index in [-0.39, 0.29) is 5.25 Å². The lowest BCUT2D eigenvalue weighted by molar-refractivity contribution is 0.509. The summed E-state index contributed by atoms with van der Waals surface area (Å²) in [6, 6.07) is 14.3. The minimum atomic E-state index is 0.0209. The van der Waals surface area contributed by atoms with Gasteiger partial charge in [-0.25, -0.2) is 4.98 Å². The summed E-state index contributed by atoms with van der Waals surface area (Å²) in [7, 11) is 0. The largest absolute Gasteiger partial charge is 0.419 e. The van der Waals surface area contributed by atoms with Gasteiger partial charge in [-0.3, -0.25) is 0 Å². The normalized spacial score (nSPS) is 12.4. The first kappa shape index (κ1) is 17.1. The van der Waals surface area contributed by atoms with Crippen molar-refractivity contribution >= 4 is 23.1 Å². The molecule has 3 aromatic heterocycles. The van der Waals surface area contributed by atoms with Gasteiger partial charge in [0.1, 0.15) is 0 Å². The number of nitrogens with zero attached hydrogens (tertiary/aromatic N) is 4. The number of imidazole rings is 1. The van der Waals surface area contributed by atoms with E-state index in [0.717, 1.165) is 22.3 Å². The fourth-order valence-corrected chi connectivity index (χ4v) is 4.33. The van der Waals surface area contributed by atoms with Crippen molar-refractivity contribution in [1.29, 1.82) is 0 Å². The molecule has 3 heterocycles. The van der Waals surface area contributed by atoms with Crippen LogP contribution in [-0.2, 0) is 6.54 Å². The monoisotopic (exact) mass is 382 g/mol. The molecule has 0 saturated heterocycles. The molecule has 1 atom stereocenters. The van der Waals surface area contributed by atoms with Crippen molar-refractivity contribution in [2.75, 3.05) is 0 Å². The van der Waals surface area contributed by atoms with Crippen LogP contribution in [0.2, 0.25) is 0 Å². The molecule has 0 bridgehead atoms. The third-order valence-corrected chi connectivity index (χ3v) is 5.96. The summed E-state index contributed by atoms with van der Waals surface area (Å²) >= 11 is 3.23. The molecule has 0 spiro atoms. The molecule has 0 aliphatic heterocycles. The molecule has 0 aliphatic rings. The smallest absolute Gasteiger partial charge is 0.257 e. The second-order valence-corrected chi connectivity index (χ2v) is 7.97. The van der Waals surface area contributed by atoms with E-state index in [9.17, 15) is 0 Å². The van der Waals surface area contributed by atoms with E-state index < -0.39 is 0 Å². The van der Waals surface area contributed by atoms with Crippen LogP contribution < -0.4 is 0 Å². The summed E-state index contributed by atoms with van der Waals surface area (Å²) in [5.74, 6) is 1.19. The summed E-state index contributed by atoms with van der Waals surface area (Å²) in [6.07, 6.45) is 1.93. The Hall–Kier alpha value is -2.38. The van der Waals surface area contributed by atoms with Crippen LogP contribution in [0.25, 0.3) is 22.0 Å². The third-order valence-electron chi connectivity index (χ3n) is 4.01. The summed E-state index contributed by atoms with van der Waals surface area (Å²) in [5, 5.41) is 11.4. The van der Waals surface area contributed by atoms with Gasteiger partial charge in [0.2, 0.25) is 5.89 Å². The van der Waals surface area contributed by atoms with Gasteiger partial charge in [0, 0.05) is 6.54 Å². The lowest BCUT2D eigenvalue weighted by Gasteiger charge is -2.11. The minimum Gasteiger partial charge on any atom is -0.419 e. The fraction of sp³-hybridized carbons (Fsp3) is 0.211. The van der Waals surface area contributed by atoms with E-state index in [4.69, 9.17) is 4.42 Å². The summed E-state index contributed by atoms with van der Waals surface area (Å²) in [4.78, 5) is 5.61. The zero-order valence-electron chi connectivity index (χ0n) is 14.5. The number of aromatic nitrogens is 4. The van der Waals surface area contributed by atoms with Gasteiger partial charge >= 0.3 is 0 Å². The number of thioether (sulfide) groups is 1. The average molecular weight is 383 g/mol. The standard InChI is InChI=1S/C19H18N4OS2/c1-3-23-15(14-8-5-4-6-9-14)12-20-19(23)26-13(2)17-21-22-18(24-17)16-10-7-11-25-16/h4-13H,3H2,1-2H3/t13-/m1/s1. The maximum absolute atomic E-state index is 5.86. The molecule has 0 amide bonds. The molecule has 0 unspecified atom stereocenters. The van der Waals surface area contributed by atoms with Gasteiger partial charge in [0.05, 0.1) is 22.0 Å². The molecule has 0 aliphatic carbocycles. The van der Waals surface area contributed by atoms with Gasteiger partial charge in [-0.05, 0) is 30.9 Å². The van der Waals surface area contributed by atoms with Crippen LogP contribution in [-0.4, -0.2) is 19.7 Å². The molecule has 4 rings (SSSR count). The fourth-order valence-electron chi connectivity index (χ4n) is 2.70. The number of benzene rings is 1. The molecule has 7 heteroatoms. The molecule has 0 saturated carbocycles. The lowest BCUT2D eigenvalue weighted by atomic mass is 10.2. The quantitative estimate of drug-likeness (QED) is 0.410. The third kappa shape index (κ3) is 3.32. The van der Waals surface area contributed by atoms with Crippen molar-refractivity contribution in [3.63, 3.8) is 0 Å². The van der Waals surface area contributed by atoms with Crippen LogP contribution in [0.15, 0.2) is 63.6 Å². The highest BCUT2D eigenvalue weighted by atomic mass is 32.2. The second kappa shape index (κ2) is 7.47. The molecule has 4 aromatic rings. The molecule has 0 fully saturated rings. The van der Waals surface area contributed by atoms with Crippen molar-refractivity contribution in [2.24, 2.45) is 0 Å². The Kier molecular flexibility index (Phi) is 4.90. The number of hydrogen-bond donors (Lipinski definition) is 0. The van der Waals surface area contributed by atoms with Crippen molar-refractivity contribution in [1.82, 2.24) is 19.7 Å². The van der Waals surface area contributed by atoms with E-state index in [2.05, 4.69) is 45.7 Å². The topological polar surface area (TPSA) is 56.7 Å². The summed E-state index contributed by atoms with van der Waals surface area (Å²) in [5.41, 5.74) is 2.28. The molecule has 0 radical (unpaired) electrons. The highest BCUT2D eigenvalue weighted by molar-refractivity contribution is 7.99. The van der Waals surface area contributed by atoms with Gasteiger partial charge in [-0.1, -0.05) is 48.2 Å². The molecule has 132 valence electrons. The first-order valence-electron chi connectivity index (χ1n) is 8.41. The van der Waals surface area contributed by atoms with Crippen LogP contribution >= 0.6 is 23.1 Å². The first-order chi connectivity index (χ1) is 12.8. The Morgan fingerprint density at radius 3 is 2.73 bits per heavy atom. The molecule has 0 N–H and O–H groups in total. The van der Waals surface area contributed by atoms with Gasteiger partial charge in [-0.2, -0.15) is 0 Å². The lowest BCUT2D eigenvalue weighted by Crippen LogP contribution is -2.00. The average Bonchev–Trinajstić information content (AvgIpc) is 3.42. The van der Waals surface area contributed by atoms with E-state index in [1.54, 1.807) is 23.1 Å². The zero-order chi connectivity index (χ0) is 17.9. The first-order valence-corrected chi connectivity index (χ1v) is 10.2. The molecule has 5 nitrogen and oxygen atoms in total. The van der Waals surface area contributed by atoms with Gasteiger partial charge in [0.15, 0.2) is 5.16 Å². The van der Waals surface area contributed by atoms with Gasteiger partial charge < -0.3 is 8.98 Å². The number of rotatable bonds is 6. The van der Waals surface area contributed by atoms with Crippen molar-refractivity contribution in [2.45, 2.75) is 30.8 Å². The van der Waals surface area contributed by atoms with Crippen molar-refractivity contribution in [3.05, 3.63) is 59.9 Å². The van der Waals surface area contributed by atoms with Crippen LogP contribution in [0.1, 0.15) is 25.0 Å². The highest BCUT2D eigenvalue weighted by Crippen LogP contribution is 2.36. The number of hydrogen-bond acceptors (Lipinski definition) is 6. The number of thiophene rings is 1. The minimum absolute atomic E-state index is 0.0209. The van der Waals surface area contributed by atoms with Crippen molar-refractivity contribution in [3.8, 4) is 22.0 Å². The van der Waals surface area contributed by atoms with Crippen LogP contribution in [0.3, 0.4) is 0 Å². The van der Waals surface area contributed by atoms with Crippen LogP contribution in [0.5, 0.6) is 0 Å². The Bertz CT molecular complexity index is 976. The Balaban J connectivity index is 1.57. The Labute approximate surface area is 160 Å². The zero-order valence-corrected chi connectivity index (χ0v) is 16.1. The molecule has 26 heavy (non-hydrogen) atoms. The van der Waals surface area contributed by atoms with E-state index >= 15 is 0 Å². The SMILES string of the molecule is CCn1c(-c2ccccc2)cnc1S[C@H](C)c1nnc(-c2cccs2)o1. The molecular weight excluding hydrogens is 364 g/mol. The van der Waals surface area contributed by atoms with Crippen molar-refractivity contribution < 1.29 is 4.42 Å². The predicted octanol–water partition coefficient (Wildman–Crippen LogP) is 5.53.